The summed E-state index contributed by atoms with van der Waals surface area (Å²) in [6.45, 7) is 6.09. The molecule has 156 valence electrons. The monoisotopic (exact) mass is 394 g/mol. The van der Waals surface area contributed by atoms with Crippen LogP contribution in [0.1, 0.15) is 69.5 Å². The van der Waals surface area contributed by atoms with Crippen LogP contribution in [0.25, 0.3) is 11.3 Å². The molecule has 29 heavy (non-hydrogen) atoms. The van der Waals surface area contributed by atoms with E-state index in [4.69, 9.17) is 4.74 Å². The number of rotatable bonds is 14. The predicted molar refractivity (Wildman–Crippen MR) is 119 cm³/mol. The Hall–Kier alpha value is -2.49. The maximum atomic E-state index is 10.9. The molecule has 0 bridgehead atoms. The third-order valence-electron chi connectivity index (χ3n) is 5.03. The lowest BCUT2D eigenvalue weighted by Crippen LogP contribution is -2.01. The summed E-state index contributed by atoms with van der Waals surface area (Å²) >= 11 is 0. The average Bonchev–Trinajstić information content (AvgIpc) is 2.76. The second-order valence-corrected chi connectivity index (χ2v) is 7.45. The molecule has 4 heteroatoms. The molecule has 0 fully saturated rings. The van der Waals surface area contributed by atoms with Crippen molar-refractivity contribution in [3.05, 3.63) is 60.3 Å². The molecule has 1 aromatic carbocycles. The van der Waals surface area contributed by atoms with Crippen molar-refractivity contribution < 1.29 is 9.53 Å². The van der Waals surface area contributed by atoms with Gasteiger partial charge in [0.05, 0.1) is 18.0 Å². The molecule has 4 nitrogen and oxygen atoms in total. The Kier molecular flexibility index (Phi) is 10.7. The number of aromatic nitrogens is 2. The number of hydrogen-bond acceptors (Lipinski definition) is 4. The molecule has 2 aromatic rings. The molecule has 0 aliphatic carbocycles. The maximum absolute atomic E-state index is 10.9. The molecule has 0 unspecified atom stereocenters. The summed E-state index contributed by atoms with van der Waals surface area (Å²) in [5.74, 6) is -0.331. The SMILES string of the molecule is C=CC(=O)OCCCCCCCc1ccc(-c2ccc(CCCCC)nn2)cc1. The Morgan fingerprint density at radius 1 is 0.897 bits per heavy atom. The number of unbranched alkanes of at least 4 members (excludes halogenated alkanes) is 6. The summed E-state index contributed by atoms with van der Waals surface area (Å²) in [4.78, 5) is 10.9. The zero-order chi connectivity index (χ0) is 20.7. The molecular formula is C25H34N2O2. The number of carbonyl (C=O) groups is 1. The first-order chi connectivity index (χ1) is 14.2. The molecule has 0 amide bonds. The van der Waals surface area contributed by atoms with E-state index in [1.165, 1.54) is 50.2 Å². The molecule has 0 aliphatic rings. The van der Waals surface area contributed by atoms with Crippen molar-refractivity contribution in [1.82, 2.24) is 10.2 Å². The smallest absolute Gasteiger partial charge is 0.330 e. The Labute approximate surface area is 175 Å². The minimum absolute atomic E-state index is 0.331. The highest BCUT2D eigenvalue weighted by Crippen LogP contribution is 2.18. The van der Waals surface area contributed by atoms with Gasteiger partial charge in [0.15, 0.2) is 0 Å². The topological polar surface area (TPSA) is 52.1 Å². The second-order valence-electron chi connectivity index (χ2n) is 7.45. The molecule has 2 rings (SSSR count). The van der Waals surface area contributed by atoms with Crippen molar-refractivity contribution in [1.29, 1.82) is 0 Å². The number of hydrogen-bond donors (Lipinski definition) is 0. The van der Waals surface area contributed by atoms with Gasteiger partial charge < -0.3 is 4.74 Å². The molecule has 0 saturated carbocycles. The van der Waals surface area contributed by atoms with E-state index < -0.39 is 0 Å². The molecule has 0 atom stereocenters. The zero-order valence-electron chi connectivity index (χ0n) is 17.7. The summed E-state index contributed by atoms with van der Waals surface area (Å²) in [6, 6.07) is 12.9. The zero-order valence-corrected chi connectivity index (χ0v) is 17.7. The molecule has 0 radical (unpaired) electrons. The van der Waals surface area contributed by atoms with Crippen LogP contribution in [0.15, 0.2) is 49.1 Å². The third-order valence-corrected chi connectivity index (χ3v) is 5.03. The Balaban J connectivity index is 1.65. The fourth-order valence-corrected chi connectivity index (χ4v) is 3.24. The van der Waals surface area contributed by atoms with Gasteiger partial charge in [0.25, 0.3) is 0 Å². The summed E-state index contributed by atoms with van der Waals surface area (Å²) in [7, 11) is 0. The van der Waals surface area contributed by atoms with Crippen LogP contribution < -0.4 is 0 Å². The van der Waals surface area contributed by atoms with E-state index in [0.29, 0.717) is 6.61 Å². The van der Waals surface area contributed by atoms with Gasteiger partial charge in [-0.1, -0.05) is 69.9 Å². The molecule has 1 aromatic heterocycles. The first-order valence-electron chi connectivity index (χ1n) is 10.9. The van der Waals surface area contributed by atoms with Gasteiger partial charge >= 0.3 is 5.97 Å². The van der Waals surface area contributed by atoms with Crippen LogP contribution in [0.4, 0.5) is 0 Å². The fourth-order valence-electron chi connectivity index (χ4n) is 3.24. The van der Waals surface area contributed by atoms with Gasteiger partial charge in [0, 0.05) is 11.6 Å². The molecule has 1 heterocycles. The summed E-state index contributed by atoms with van der Waals surface area (Å²) in [5.41, 5.74) is 4.50. The predicted octanol–water partition coefficient (Wildman–Crippen LogP) is 6.10. The number of esters is 1. The van der Waals surface area contributed by atoms with Gasteiger partial charge in [0.1, 0.15) is 0 Å². The van der Waals surface area contributed by atoms with Gasteiger partial charge in [-0.25, -0.2) is 4.79 Å². The number of carbonyl (C=O) groups excluding carboxylic acids is 1. The van der Waals surface area contributed by atoms with Crippen molar-refractivity contribution >= 4 is 5.97 Å². The Bertz CT molecular complexity index is 723. The molecule has 0 saturated heterocycles. The minimum atomic E-state index is -0.331. The molecular weight excluding hydrogens is 360 g/mol. The highest BCUT2D eigenvalue weighted by molar-refractivity contribution is 5.81. The normalized spacial score (nSPS) is 10.7. The van der Waals surface area contributed by atoms with Crippen LogP contribution in [-0.4, -0.2) is 22.8 Å². The Morgan fingerprint density at radius 2 is 1.62 bits per heavy atom. The average molecular weight is 395 g/mol. The number of benzene rings is 1. The van der Waals surface area contributed by atoms with Crippen LogP contribution in [0.3, 0.4) is 0 Å². The first-order valence-corrected chi connectivity index (χ1v) is 10.9. The largest absolute Gasteiger partial charge is 0.463 e. The molecule has 0 spiro atoms. The van der Waals surface area contributed by atoms with Gasteiger partial charge in [-0.05, 0) is 49.8 Å². The number of aryl methyl sites for hydroxylation is 2. The van der Waals surface area contributed by atoms with E-state index in [2.05, 4.69) is 60.1 Å². The van der Waals surface area contributed by atoms with Crippen molar-refractivity contribution in [2.75, 3.05) is 6.61 Å². The van der Waals surface area contributed by atoms with Crippen LogP contribution in [0.5, 0.6) is 0 Å². The van der Waals surface area contributed by atoms with Gasteiger partial charge in [-0.15, -0.1) is 0 Å². The highest BCUT2D eigenvalue weighted by atomic mass is 16.5. The fraction of sp³-hybridized carbons (Fsp3) is 0.480. The van der Waals surface area contributed by atoms with E-state index in [1.54, 1.807) is 0 Å². The number of ether oxygens (including phenoxy) is 1. The van der Waals surface area contributed by atoms with Crippen LogP contribution in [0.2, 0.25) is 0 Å². The Morgan fingerprint density at radius 3 is 2.31 bits per heavy atom. The second kappa shape index (κ2) is 13.6. The summed E-state index contributed by atoms with van der Waals surface area (Å²) in [5, 5.41) is 8.77. The first kappa shape index (κ1) is 22.8. The summed E-state index contributed by atoms with van der Waals surface area (Å²) in [6.07, 6.45) is 12.5. The van der Waals surface area contributed by atoms with Crippen molar-refractivity contribution in [3.8, 4) is 11.3 Å². The van der Waals surface area contributed by atoms with E-state index in [1.807, 2.05) is 0 Å². The standard InChI is InChI=1S/C25H34N2O2/c1-3-5-9-13-23-18-19-24(27-26-23)22-16-14-21(15-17-22)12-10-7-6-8-11-20-29-25(28)4-2/h4,14-19H,2-3,5-13,20H2,1H3. The lowest BCUT2D eigenvalue weighted by Gasteiger charge is -2.05. The van der Waals surface area contributed by atoms with Gasteiger partial charge in [0.2, 0.25) is 0 Å². The van der Waals surface area contributed by atoms with Crippen LogP contribution >= 0.6 is 0 Å². The quantitative estimate of drug-likeness (QED) is 0.221. The minimum Gasteiger partial charge on any atom is -0.463 e. The van der Waals surface area contributed by atoms with Crippen LogP contribution in [-0.2, 0) is 22.4 Å². The van der Waals surface area contributed by atoms with E-state index in [-0.39, 0.29) is 5.97 Å². The van der Waals surface area contributed by atoms with Gasteiger partial charge in [-0.3, -0.25) is 0 Å². The molecule has 0 N–H and O–H groups in total. The van der Waals surface area contributed by atoms with Crippen LogP contribution in [0, 0.1) is 0 Å². The van der Waals surface area contributed by atoms with Gasteiger partial charge in [-0.2, -0.15) is 10.2 Å². The van der Waals surface area contributed by atoms with E-state index in [0.717, 1.165) is 42.6 Å². The molecule has 0 aliphatic heterocycles. The van der Waals surface area contributed by atoms with Crippen molar-refractivity contribution in [2.45, 2.75) is 71.1 Å². The highest BCUT2D eigenvalue weighted by Gasteiger charge is 2.03. The van der Waals surface area contributed by atoms with Crippen molar-refractivity contribution in [3.63, 3.8) is 0 Å². The lowest BCUT2D eigenvalue weighted by atomic mass is 10.0. The lowest BCUT2D eigenvalue weighted by molar-refractivity contribution is -0.137. The van der Waals surface area contributed by atoms with E-state index >= 15 is 0 Å². The maximum Gasteiger partial charge on any atom is 0.330 e. The summed E-state index contributed by atoms with van der Waals surface area (Å²) < 4.78 is 4.98. The van der Waals surface area contributed by atoms with E-state index in [9.17, 15) is 4.79 Å². The number of nitrogens with zero attached hydrogens (tertiary/aromatic N) is 2. The van der Waals surface area contributed by atoms with Crippen molar-refractivity contribution in [2.24, 2.45) is 0 Å². The third kappa shape index (κ3) is 9.03.